The molecular formula is C10H14N2O3S. The van der Waals surface area contributed by atoms with Crippen molar-refractivity contribution in [2.75, 3.05) is 13.2 Å². The van der Waals surface area contributed by atoms with E-state index in [0.29, 0.717) is 12.6 Å². The molecule has 2 heterocycles. The number of nitrogens with one attached hydrogen (secondary N) is 1. The van der Waals surface area contributed by atoms with Crippen LogP contribution in [-0.4, -0.2) is 24.2 Å². The fourth-order valence-corrected chi connectivity index (χ4v) is 2.44. The van der Waals surface area contributed by atoms with Crippen molar-refractivity contribution in [1.82, 2.24) is 5.32 Å². The lowest BCUT2D eigenvalue weighted by molar-refractivity contribution is -0.380. The Labute approximate surface area is 97.6 Å². The van der Waals surface area contributed by atoms with E-state index in [2.05, 4.69) is 5.32 Å². The van der Waals surface area contributed by atoms with Crippen LogP contribution in [0, 0.1) is 10.1 Å². The van der Waals surface area contributed by atoms with E-state index in [4.69, 9.17) is 4.74 Å². The summed E-state index contributed by atoms with van der Waals surface area (Å²) in [5.41, 5.74) is 0.974. The number of hydrogen-bond acceptors (Lipinski definition) is 5. The van der Waals surface area contributed by atoms with Gasteiger partial charge in [-0.15, -0.1) is 0 Å². The third kappa shape index (κ3) is 3.01. The topological polar surface area (TPSA) is 64.4 Å². The summed E-state index contributed by atoms with van der Waals surface area (Å²) in [4.78, 5) is 10.1. The third-order valence-corrected chi connectivity index (χ3v) is 3.50. The molecule has 1 aliphatic heterocycles. The van der Waals surface area contributed by atoms with Crippen LogP contribution in [0.25, 0.3) is 0 Å². The van der Waals surface area contributed by atoms with Gasteiger partial charge >= 0.3 is 5.00 Å². The molecule has 1 atom stereocenters. The Bertz CT molecular complexity index is 361. The Morgan fingerprint density at radius 1 is 1.69 bits per heavy atom. The molecule has 1 aromatic heterocycles. The van der Waals surface area contributed by atoms with Gasteiger partial charge in [-0.3, -0.25) is 10.1 Å². The molecule has 0 aromatic carbocycles. The van der Waals surface area contributed by atoms with E-state index in [1.165, 1.54) is 11.3 Å². The largest absolute Gasteiger partial charge is 0.380 e. The number of hydrogen-bond donors (Lipinski definition) is 1. The Morgan fingerprint density at radius 2 is 2.56 bits per heavy atom. The van der Waals surface area contributed by atoms with E-state index in [1.54, 1.807) is 6.07 Å². The molecule has 1 fully saturated rings. The Kier molecular flexibility index (Phi) is 3.87. The summed E-state index contributed by atoms with van der Waals surface area (Å²) in [7, 11) is 0. The molecule has 0 spiro atoms. The lowest BCUT2D eigenvalue weighted by atomic mass is 10.1. The zero-order chi connectivity index (χ0) is 11.4. The van der Waals surface area contributed by atoms with Gasteiger partial charge in [0, 0.05) is 30.6 Å². The fraction of sp³-hybridized carbons (Fsp3) is 0.600. The van der Waals surface area contributed by atoms with Gasteiger partial charge in [-0.25, -0.2) is 0 Å². The average Bonchev–Trinajstić information content (AvgIpc) is 2.76. The highest BCUT2D eigenvalue weighted by Crippen LogP contribution is 2.22. The van der Waals surface area contributed by atoms with Crippen molar-refractivity contribution in [2.45, 2.75) is 25.4 Å². The maximum absolute atomic E-state index is 10.5. The van der Waals surface area contributed by atoms with Gasteiger partial charge < -0.3 is 10.1 Å². The number of nitrogens with zero attached hydrogens (tertiary/aromatic N) is 1. The van der Waals surface area contributed by atoms with Crippen LogP contribution in [0.4, 0.5) is 5.00 Å². The van der Waals surface area contributed by atoms with Crippen molar-refractivity contribution < 1.29 is 9.66 Å². The Balaban J connectivity index is 1.81. The molecule has 0 aliphatic carbocycles. The van der Waals surface area contributed by atoms with Crippen LogP contribution >= 0.6 is 11.3 Å². The van der Waals surface area contributed by atoms with Crippen molar-refractivity contribution in [1.29, 1.82) is 0 Å². The average molecular weight is 242 g/mol. The molecule has 88 valence electrons. The minimum absolute atomic E-state index is 0.205. The summed E-state index contributed by atoms with van der Waals surface area (Å²) < 4.78 is 5.35. The molecule has 1 unspecified atom stereocenters. The van der Waals surface area contributed by atoms with E-state index < -0.39 is 0 Å². The molecule has 0 amide bonds. The first-order valence-electron chi connectivity index (χ1n) is 5.28. The third-order valence-electron chi connectivity index (χ3n) is 2.58. The first-order valence-corrected chi connectivity index (χ1v) is 6.16. The standard InChI is InChI=1S/C10H14N2O3S/c13-12(14)10-4-8(7-16-10)5-11-9-2-1-3-15-6-9/h4,7,9,11H,1-3,5-6H2. The van der Waals surface area contributed by atoms with Gasteiger partial charge in [-0.05, 0) is 18.4 Å². The second-order valence-electron chi connectivity index (χ2n) is 3.85. The molecule has 1 aliphatic rings. The monoisotopic (exact) mass is 242 g/mol. The lowest BCUT2D eigenvalue weighted by Gasteiger charge is -2.22. The summed E-state index contributed by atoms with van der Waals surface area (Å²) in [5.74, 6) is 0. The van der Waals surface area contributed by atoms with E-state index in [9.17, 15) is 10.1 Å². The van der Waals surface area contributed by atoms with Crippen LogP contribution in [-0.2, 0) is 11.3 Å². The molecular weight excluding hydrogens is 228 g/mol. The predicted molar refractivity (Wildman–Crippen MR) is 61.7 cm³/mol. The van der Waals surface area contributed by atoms with E-state index in [-0.39, 0.29) is 9.92 Å². The van der Waals surface area contributed by atoms with E-state index in [0.717, 1.165) is 31.6 Å². The molecule has 0 saturated carbocycles. The van der Waals surface area contributed by atoms with Crippen molar-refractivity contribution in [3.05, 3.63) is 27.1 Å². The molecule has 0 radical (unpaired) electrons. The van der Waals surface area contributed by atoms with Gasteiger partial charge in [0.1, 0.15) is 0 Å². The van der Waals surface area contributed by atoms with Crippen molar-refractivity contribution in [3.63, 3.8) is 0 Å². The molecule has 0 bridgehead atoms. The summed E-state index contributed by atoms with van der Waals surface area (Å²) in [6.45, 7) is 2.27. The smallest absolute Gasteiger partial charge is 0.324 e. The second kappa shape index (κ2) is 5.38. The van der Waals surface area contributed by atoms with Crippen LogP contribution in [0.3, 0.4) is 0 Å². The fourth-order valence-electron chi connectivity index (χ4n) is 1.72. The highest BCUT2D eigenvalue weighted by atomic mass is 32.1. The van der Waals surface area contributed by atoms with Crippen molar-refractivity contribution in [3.8, 4) is 0 Å². The van der Waals surface area contributed by atoms with Gasteiger partial charge in [-0.1, -0.05) is 11.3 Å². The van der Waals surface area contributed by atoms with Crippen LogP contribution in [0.15, 0.2) is 11.4 Å². The number of thiophene rings is 1. The summed E-state index contributed by atoms with van der Waals surface area (Å²) in [5, 5.41) is 15.9. The minimum atomic E-state index is -0.349. The second-order valence-corrected chi connectivity index (χ2v) is 4.73. The van der Waals surface area contributed by atoms with Gasteiger partial charge in [0.2, 0.25) is 0 Å². The van der Waals surface area contributed by atoms with Crippen molar-refractivity contribution in [2.24, 2.45) is 0 Å². The summed E-state index contributed by atoms with van der Waals surface area (Å²) in [6, 6.07) is 2.01. The SMILES string of the molecule is O=[N+]([O-])c1cc(CNC2CCCOC2)cs1. The van der Waals surface area contributed by atoms with Gasteiger partial charge in [0.05, 0.1) is 11.5 Å². The quantitative estimate of drug-likeness (QED) is 0.647. The first-order chi connectivity index (χ1) is 7.75. The zero-order valence-corrected chi connectivity index (χ0v) is 9.66. The van der Waals surface area contributed by atoms with E-state index in [1.807, 2.05) is 5.38 Å². The zero-order valence-electron chi connectivity index (χ0n) is 8.85. The Morgan fingerprint density at radius 3 is 3.19 bits per heavy atom. The van der Waals surface area contributed by atoms with Crippen LogP contribution < -0.4 is 5.32 Å². The number of rotatable bonds is 4. The molecule has 1 N–H and O–H groups in total. The van der Waals surface area contributed by atoms with Gasteiger partial charge in [0.25, 0.3) is 0 Å². The minimum Gasteiger partial charge on any atom is -0.380 e. The maximum Gasteiger partial charge on any atom is 0.324 e. The van der Waals surface area contributed by atoms with Gasteiger partial charge in [-0.2, -0.15) is 0 Å². The highest BCUT2D eigenvalue weighted by molar-refractivity contribution is 7.13. The molecule has 5 nitrogen and oxygen atoms in total. The normalized spacial score (nSPS) is 20.9. The number of ether oxygens (including phenoxy) is 1. The first kappa shape index (κ1) is 11.5. The molecule has 6 heteroatoms. The van der Waals surface area contributed by atoms with Crippen molar-refractivity contribution >= 4 is 16.3 Å². The van der Waals surface area contributed by atoms with E-state index >= 15 is 0 Å². The molecule has 1 saturated heterocycles. The van der Waals surface area contributed by atoms with Gasteiger partial charge in [0.15, 0.2) is 0 Å². The summed E-state index contributed by atoms with van der Waals surface area (Å²) in [6.07, 6.45) is 2.20. The lowest BCUT2D eigenvalue weighted by Crippen LogP contribution is -2.36. The Hall–Kier alpha value is -0.980. The molecule has 16 heavy (non-hydrogen) atoms. The number of nitro groups is 1. The van der Waals surface area contributed by atoms with Crippen LogP contribution in [0.1, 0.15) is 18.4 Å². The molecule has 1 aromatic rings. The maximum atomic E-state index is 10.5. The highest BCUT2D eigenvalue weighted by Gasteiger charge is 2.14. The van der Waals surface area contributed by atoms with Crippen LogP contribution in [0.5, 0.6) is 0 Å². The van der Waals surface area contributed by atoms with Crippen LogP contribution in [0.2, 0.25) is 0 Å². The predicted octanol–water partition coefficient (Wildman–Crippen LogP) is 1.92. The summed E-state index contributed by atoms with van der Waals surface area (Å²) >= 11 is 1.17. The molecule has 2 rings (SSSR count).